The van der Waals surface area contributed by atoms with Crippen molar-refractivity contribution >= 4 is 17.3 Å². The van der Waals surface area contributed by atoms with E-state index >= 15 is 0 Å². The van der Waals surface area contributed by atoms with Crippen LogP contribution >= 0.6 is 11.6 Å². The molecule has 0 saturated carbocycles. The van der Waals surface area contributed by atoms with Gasteiger partial charge in [0, 0.05) is 45.2 Å². The zero-order valence-electron chi connectivity index (χ0n) is 13.0. The van der Waals surface area contributed by atoms with E-state index in [-0.39, 0.29) is 6.61 Å². The van der Waals surface area contributed by atoms with Crippen LogP contribution in [0.5, 0.6) is 0 Å². The summed E-state index contributed by atoms with van der Waals surface area (Å²) in [6.07, 6.45) is 7.43. The molecule has 120 valence electrons. The van der Waals surface area contributed by atoms with Crippen molar-refractivity contribution in [2.24, 2.45) is 13.0 Å². The molecular weight excluding hydrogens is 312 g/mol. The van der Waals surface area contributed by atoms with E-state index in [0.29, 0.717) is 11.1 Å². The van der Waals surface area contributed by atoms with Crippen molar-refractivity contribution in [1.29, 1.82) is 0 Å². The Morgan fingerprint density at radius 2 is 2.26 bits per heavy atom. The zero-order chi connectivity index (χ0) is 16.2. The third-order valence-electron chi connectivity index (χ3n) is 4.01. The average molecular weight is 331 g/mol. The van der Waals surface area contributed by atoms with Crippen LogP contribution in [-0.2, 0) is 7.05 Å². The maximum Gasteiger partial charge on any atom is 0.131 e. The van der Waals surface area contributed by atoms with Gasteiger partial charge in [-0.05, 0) is 18.8 Å². The molecule has 1 saturated heterocycles. The van der Waals surface area contributed by atoms with Gasteiger partial charge in [-0.1, -0.05) is 23.4 Å². The predicted octanol–water partition coefficient (Wildman–Crippen LogP) is 2.08. The summed E-state index contributed by atoms with van der Waals surface area (Å²) in [5.41, 5.74) is 2.69. The number of aromatic nitrogens is 3. The smallest absolute Gasteiger partial charge is 0.131 e. The number of hydrogen-bond acceptors (Lipinski definition) is 4. The van der Waals surface area contributed by atoms with Crippen LogP contribution in [-0.4, -0.2) is 39.6 Å². The maximum atomic E-state index is 9.43. The Kier molecular flexibility index (Phi) is 4.85. The molecule has 2 aromatic heterocycles. The molecule has 3 rings (SSSR count). The Bertz CT molecular complexity index is 747. The third kappa shape index (κ3) is 3.84. The van der Waals surface area contributed by atoms with Gasteiger partial charge in [0.2, 0.25) is 0 Å². The summed E-state index contributed by atoms with van der Waals surface area (Å²) in [6, 6.07) is 1.86. The van der Waals surface area contributed by atoms with Crippen molar-refractivity contribution in [3.63, 3.8) is 0 Å². The monoisotopic (exact) mass is 330 g/mol. The van der Waals surface area contributed by atoms with Crippen molar-refractivity contribution in [1.82, 2.24) is 14.8 Å². The molecule has 1 N–H and O–H groups in total. The highest BCUT2D eigenvalue weighted by Gasteiger charge is 2.21. The van der Waals surface area contributed by atoms with Crippen molar-refractivity contribution in [2.75, 3.05) is 24.6 Å². The predicted molar refractivity (Wildman–Crippen MR) is 90.5 cm³/mol. The van der Waals surface area contributed by atoms with Gasteiger partial charge in [0.25, 0.3) is 0 Å². The Labute approximate surface area is 140 Å². The second kappa shape index (κ2) is 7.03. The van der Waals surface area contributed by atoms with Gasteiger partial charge < -0.3 is 10.0 Å². The molecule has 1 aliphatic rings. The first-order valence-corrected chi connectivity index (χ1v) is 8.05. The molecular formula is C17H19ClN4O. The number of pyridine rings is 1. The number of halogens is 1. The summed E-state index contributed by atoms with van der Waals surface area (Å²) in [5.74, 6) is 6.59. The number of hydrogen-bond donors (Lipinski definition) is 1. The lowest BCUT2D eigenvalue weighted by Crippen LogP contribution is -2.37. The highest BCUT2D eigenvalue weighted by molar-refractivity contribution is 6.29. The van der Waals surface area contributed by atoms with E-state index in [2.05, 4.69) is 26.8 Å². The molecule has 6 heteroatoms. The molecule has 3 heterocycles. The van der Waals surface area contributed by atoms with Gasteiger partial charge in [-0.3, -0.25) is 4.68 Å². The molecule has 0 aliphatic carbocycles. The fraction of sp³-hybridized carbons (Fsp3) is 0.412. The number of anilines is 1. The molecule has 1 unspecified atom stereocenters. The summed E-state index contributed by atoms with van der Waals surface area (Å²) in [7, 11) is 1.86. The van der Waals surface area contributed by atoms with Gasteiger partial charge in [-0.15, -0.1) is 0 Å². The molecule has 1 aliphatic heterocycles. The lowest BCUT2D eigenvalue weighted by Gasteiger charge is -2.34. The fourth-order valence-electron chi connectivity index (χ4n) is 2.84. The number of aryl methyl sites for hydroxylation is 1. The van der Waals surface area contributed by atoms with Crippen LogP contribution in [0.4, 0.5) is 5.69 Å². The molecule has 1 atom stereocenters. The van der Waals surface area contributed by atoms with E-state index in [1.165, 1.54) is 0 Å². The fourth-order valence-corrected chi connectivity index (χ4v) is 2.99. The summed E-state index contributed by atoms with van der Waals surface area (Å²) >= 11 is 6.08. The molecule has 0 bridgehead atoms. The van der Waals surface area contributed by atoms with Gasteiger partial charge in [0.1, 0.15) is 5.15 Å². The minimum Gasteiger partial charge on any atom is -0.396 e. The maximum absolute atomic E-state index is 9.43. The van der Waals surface area contributed by atoms with Gasteiger partial charge in [0.05, 0.1) is 23.0 Å². The minimum atomic E-state index is 0.214. The van der Waals surface area contributed by atoms with E-state index in [9.17, 15) is 5.11 Å². The highest BCUT2D eigenvalue weighted by Crippen LogP contribution is 2.27. The summed E-state index contributed by atoms with van der Waals surface area (Å²) in [4.78, 5) is 6.40. The van der Waals surface area contributed by atoms with Crippen molar-refractivity contribution in [2.45, 2.75) is 12.8 Å². The summed E-state index contributed by atoms with van der Waals surface area (Å²) in [6.45, 7) is 1.98. The van der Waals surface area contributed by atoms with E-state index < -0.39 is 0 Å². The van der Waals surface area contributed by atoms with Gasteiger partial charge in [0.15, 0.2) is 0 Å². The third-order valence-corrected chi connectivity index (χ3v) is 4.22. The molecule has 0 spiro atoms. The second-order valence-corrected chi connectivity index (χ2v) is 6.20. The molecule has 0 radical (unpaired) electrons. The van der Waals surface area contributed by atoms with Crippen LogP contribution < -0.4 is 4.90 Å². The Balaban J connectivity index is 1.90. The minimum absolute atomic E-state index is 0.214. The summed E-state index contributed by atoms with van der Waals surface area (Å²) in [5, 5.41) is 14.0. The largest absolute Gasteiger partial charge is 0.396 e. The van der Waals surface area contributed by atoms with Gasteiger partial charge in [-0.2, -0.15) is 5.10 Å². The van der Waals surface area contributed by atoms with Crippen LogP contribution in [0.3, 0.4) is 0 Å². The van der Waals surface area contributed by atoms with Crippen LogP contribution in [0, 0.1) is 17.8 Å². The quantitative estimate of drug-likeness (QED) is 0.676. The van der Waals surface area contributed by atoms with Crippen molar-refractivity contribution in [3.8, 4) is 11.8 Å². The standard InChI is InChI=1S/C17H19ClN4O/c1-21-10-13(8-20-21)4-5-15-9-19-17(18)7-16(15)22-6-2-3-14(11-22)12-23/h7-10,14,23H,2-3,6,11-12H2,1H3. The second-order valence-electron chi connectivity index (χ2n) is 5.81. The lowest BCUT2D eigenvalue weighted by molar-refractivity contribution is 0.208. The SMILES string of the molecule is Cn1cc(C#Cc2cnc(Cl)cc2N2CCCC(CO)C2)cn1. The Morgan fingerprint density at radius 3 is 3.00 bits per heavy atom. The van der Waals surface area contributed by atoms with Crippen LogP contribution in [0.15, 0.2) is 24.7 Å². The number of rotatable bonds is 2. The lowest BCUT2D eigenvalue weighted by atomic mass is 9.98. The first-order chi connectivity index (χ1) is 11.2. The molecule has 2 aromatic rings. The van der Waals surface area contributed by atoms with Crippen molar-refractivity contribution < 1.29 is 5.11 Å². The first-order valence-electron chi connectivity index (χ1n) is 7.67. The number of nitrogens with zero attached hydrogens (tertiary/aromatic N) is 4. The Hall–Kier alpha value is -2.03. The number of piperidine rings is 1. The molecule has 5 nitrogen and oxygen atoms in total. The molecule has 23 heavy (non-hydrogen) atoms. The van der Waals surface area contributed by atoms with Crippen LogP contribution in [0.25, 0.3) is 0 Å². The van der Waals surface area contributed by atoms with E-state index in [0.717, 1.165) is 42.7 Å². The van der Waals surface area contributed by atoms with Gasteiger partial charge in [-0.25, -0.2) is 4.98 Å². The number of aliphatic hydroxyl groups excluding tert-OH is 1. The van der Waals surface area contributed by atoms with E-state index in [4.69, 9.17) is 11.6 Å². The van der Waals surface area contributed by atoms with Crippen LogP contribution in [0.1, 0.15) is 24.0 Å². The Morgan fingerprint density at radius 1 is 1.39 bits per heavy atom. The normalized spacial score (nSPS) is 17.7. The van der Waals surface area contributed by atoms with E-state index in [1.807, 2.05) is 19.3 Å². The number of aliphatic hydroxyl groups is 1. The first kappa shape index (κ1) is 15.9. The van der Waals surface area contributed by atoms with Crippen molar-refractivity contribution in [3.05, 3.63) is 40.9 Å². The topological polar surface area (TPSA) is 54.2 Å². The zero-order valence-corrected chi connectivity index (χ0v) is 13.8. The highest BCUT2D eigenvalue weighted by atomic mass is 35.5. The molecule has 0 aromatic carbocycles. The van der Waals surface area contributed by atoms with E-state index in [1.54, 1.807) is 17.1 Å². The molecule has 1 fully saturated rings. The summed E-state index contributed by atoms with van der Waals surface area (Å²) < 4.78 is 1.72. The van der Waals surface area contributed by atoms with Gasteiger partial charge >= 0.3 is 0 Å². The average Bonchev–Trinajstić information content (AvgIpc) is 2.99. The molecule has 0 amide bonds. The van der Waals surface area contributed by atoms with Crippen LogP contribution in [0.2, 0.25) is 5.15 Å².